The van der Waals surface area contributed by atoms with E-state index < -0.39 is 0 Å². The average molecular weight is 383 g/mol. The summed E-state index contributed by atoms with van der Waals surface area (Å²) in [5, 5.41) is 4.94. The molecule has 4 aromatic carbocycles. The SMILES string of the molecule is COc1cc2ccccc2cc1C(=O)Nc1ccc(OCc2ccccc2)cc1. The largest absolute Gasteiger partial charge is 0.496 e. The molecule has 0 radical (unpaired) electrons. The number of benzene rings is 4. The first-order chi connectivity index (χ1) is 14.2. The zero-order chi connectivity index (χ0) is 20.1. The molecule has 0 aromatic heterocycles. The Morgan fingerprint density at radius 1 is 0.828 bits per heavy atom. The van der Waals surface area contributed by atoms with Gasteiger partial charge >= 0.3 is 0 Å². The van der Waals surface area contributed by atoms with Crippen LogP contribution < -0.4 is 14.8 Å². The van der Waals surface area contributed by atoms with E-state index in [9.17, 15) is 4.79 Å². The molecule has 0 aliphatic rings. The molecule has 144 valence electrons. The van der Waals surface area contributed by atoms with Crippen LogP contribution >= 0.6 is 0 Å². The van der Waals surface area contributed by atoms with Crippen molar-refractivity contribution in [1.82, 2.24) is 0 Å². The molecule has 0 spiro atoms. The molecule has 0 unspecified atom stereocenters. The second-order valence-corrected chi connectivity index (χ2v) is 6.65. The Hall–Kier alpha value is -3.79. The fraction of sp³-hybridized carbons (Fsp3) is 0.0800. The smallest absolute Gasteiger partial charge is 0.259 e. The van der Waals surface area contributed by atoms with Gasteiger partial charge in [0.15, 0.2) is 0 Å². The van der Waals surface area contributed by atoms with Crippen LogP contribution in [0.3, 0.4) is 0 Å². The summed E-state index contributed by atoms with van der Waals surface area (Å²) in [5.41, 5.74) is 2.29. The highest BCUT2D eigenvalue weighted by Gasteiger charge is 2.14. The number of rotatable bonds is 6. The lowest BCUT2D eigenvalue weighted by molar-refractivity contribution is 0.102. The lowest BCUT2D eigenvalue weighted by Crippen LogP contribution is -2.13. The molecule has 0 saturated carbocycles. The summed E-state index contributed by atoms with van der Waals surface area (Å²) in [6.07, 6.45) is 0. The first kappa shape index (κ1) is 18.6. The molecule has 0 heterocycles. The molecule has 1 amide bonds. The van der Waals surface area contributed by atoms with Gasteiger partial charge in [0, 0.05) is 5.69 Å². The Morgan fingerprint density at radius 2 is 1.48 bits per heavy atom. The molecular weight excluding hydrogens is 362 g/mol. The number of fused-ring (bicyclic) bond motifs is 1. The van der Waals surface area contributed by atoms with Crippen molar-refractivity contribution in [2.75, 3.05) is 12.4 Å². The molecule has 29 heavy (non-hydrogen) atoms. The van der Waals surface area contributed by atoms with Gasteiger partial charge in [0.05, 0.1) is 12.7 Å². The average Bonchev–Trinajstić information content (AvgIpc) is 2.78. The fourth-order valence-electron chi connectivity index (χ4n) is 3.14. The molecular formula is C25H21NO3. The lowest BCUT2D eigenvalue weighted by Gasteiger charge is -2.12. The summed E-state index contributed by atoms with van der Waals surface area (Å²) in [6, 6.07) is 28.9. The van der Waals surface area contributed by atoms with E-state index in [1.807, 2.05) is 91.0 Å². The predicted octanol–water partition coefficient (Wildman–Crippen LogP) is 5.68. The quantitative estimate of drug-likeness (QED) is 0.466. The molecule has 0 fully saturated rings. The third-order valence-electron chi connectivity index (χ3n) is 4.67. The van der Waals surface area contributed by atoms with Gasteiger partial charge in [-0.15, -0.1) is 0 Å². The van der Waals surface area contributed by atoms with E-state index in [0.717, 1.165) is 22.1 Å². The van der Waals surface area contributed by atoms with Crippen molar-refractivity contribution < 1.29 is 14.3 Å². The third-order valence-corrected chi connectivity index (χ3v) is 4.67. The summed E-state index contributed by atoms with van der Waals surface area (Å²) in [4.78, 5) is 12.8. The Kier molecular flexibility index (Phi) is 5.43. The molecule has 4 aromatic rings. The Morgan fingerprint density at radius 3 is 2.17 bits per heavy atom. The maximum Gasteiger partial charge on any atom is 0.259 e. The maximum atomic E-state index is 12.8. The normalized spacial score (nSPS) is 10.5. The van der Waals surface area contributed by atoms with Crippen LogP contribution in [0.15, 0.2) is 91.0 Å². The first-order valence-electron chi connectivity index (χ1n) is 9.38. The second-order valence-electron chi connectivity index (χ2n) is 6.65. The summed E-state index contributed by atoms with van der Waals surface area (Å²) >= 11 is 0. The Balaban J connectivity index is 1.46. The van der Waals surface area contributed by atoms with Crippen molar-refractivity contribution in [3.8, 4) is 11.5 Å². The van der Waals surface area contributed by atoms with Crippen LogP contribution in [0.1, 0.15) is 15.9 Å². The van der Waals surface area contributed by atoms with Gasteiger partial charge in [-0.25, -0.2) is 0 Å². The van der Waals surface area contributed by atoms with Crippen molar-refractivity contribution in [2.24, 2.45) is 0 Å². The Labute approximate surface area is 169 Å². The molecule has 4 nitrogen and oxygen atoms in total. The molecule has 0 aliphatic heterocycles. The van der Waals surface area contributed by atoms with Gasteiger partial charge in [0.1, 0.15) is 18.1 Å². The fourth-order valence-corrected chi connectivity index (χ4v) is 3.14. The summed E-state index contributed by atoms with van der Waals surface area (Å²) in [6.45, 7) is 0.501. The van der Waals surface area contributed by atoms with E-state index in [1.165, 1.54) is 0 Å². The Bertz CT molecular complexity index is 1120. The minimum absolute atomic E-state index is 0.217. The first-order valence-corrected chi connectivity index (χ1v) is 9.38. The highest BCUT2D eigenvalue weighted by Crippen LogP contribution is 2.27. The van der Waals surface area contributed by atoms with Gasteiger partial charge in [0.25, 0.3) is 5.91 Å². The van der Waals surface area contributed by atoms with Crippen LogP contribution in [0.25, 0.3) is 10.8 Å². The van der Waals surface area contributed by atoms with E-state index in [4.69, 9.17) is 9.47 Å². The van der Waals surface area contributed by atoms with Crippen LogP contribution in [-0.4, -0.2) is 13.0 Å². The van der Waals surface area contributed by atoms with Crippen LogP contribution in [0.2, 0.25) is 0 Å². The van der Waals surface area contributed by atoms with Gasteiger partial charge < -0.3 is 14.8 Å². The zero-order valence-electron chi connectivity index (χ0n) is 16.1. The van der Waals surface area contributed by atoms with E-state index in [0.29, 0.717) is 23.6 Å². The molecule has 4 heteroatoms. The summed E-state index contributed by atoms with van der Waals surface area (Å²) < 4.78 is 11.2. The van der Waals surface area contributed by atoms with Crippen molar-refractivity contribution in [1.29, 1.82) is 0 Å². The molecule has 4 rings (SSSR count). The standard InChI is InChI=1S/C25H21NO3/c1-28-24-16-20-10-6-5-9-19(20)15-23(24)25(27)26-21-11-13-22(14-12-21)29-17-18-7-3-2-4-8-18/h2-16H,17H2,1H3,(H,26,27). The number of amides is 1. The molecule has 1 N–H and O–H groups in total. The van der Waals surface area contributed by atoms with Crippen molar-refractivity contribution >= 4 is 22.4 Å². The van der Waals surface area contributed by atoms with Gasteiger partial charge in [-0.1, -0.05) is 54.6 Å². The molecule has 0 saturated heterocycles. The third kappa shape index (κ3) is 4.38. The van der Waals surface area contributed by atoms with Crippen LogP contribution in [0, 0.1) is 0 Å². The van der Waals surface area contributed by atoms with Crippen molar-refractivity contribution in [2.45, 2.75) is 6.61 Å². The van der Waals surface area contributed by atoms with Gasteiger partial charge in [-0.05, 0) is 52.7 Å². The second kappa shape index (κ2) is 8.48. The minimum atomic E-state index is -0.217. The molecule has 0 atom stereocenters. The number of methoxy groups -OCH3 is 1. The highest BCUT2D eigenvalue weighted by molar-refractivity contribution is 6.08. The summed E-state index contributed by atoms with van der Waals surface area (Å²) in [7, 11) is 1.57. The van der Waals surface area contributed by atoms with Crippen molar-refractivity contribution in [3.63, 3.8) is 0 Å². The number of hydrogen-bond acceptors (Lipinski definition) is 3. The lowest BCUT2D eigenvalue weighted by atomic mass is 10.1. The van der Waals surface area contributed by atoms with E-state index in [2.05, 4.69) is 5.32 Å². The van der Waals surface area contributed by atoms with E-state index >= 15 is 0 Å². The summed E-state index contributed by atoms with van der Waals surface area (Å²) in [5.74, 6) is 1.07. The number of nitrogens with one attached hydrogen (secondary N) is 1. The predicted molar refractivity (Wildman–Crippen MR) is 116 cm³/mol. The van der Waals surface area contributed by atoms with Gasteiger partial charge in [-0.2, -0.15) is 0 Å². The van der Waals surface area contributed by atoms with Crippen LogP contribution in [-0.2, 0) is 6.61 Å². The number of ether oxygens (including phenoxy) is 2. The van der Waals surface area contributed by atoms with E-state index in [1.54, 1.807) is 7.11 Å². The monoisotopic (exact) mass is 383 g/mol. The molecule has 0 aliphatic carbocycles. The number of hydrogen-bond donors (Lipinski definition) is 1. The van der Waals surface area contributed by atoms with Crippen LogP contribution in [0.4, 0.5) is 5.69 Å². The maximum absolute atomic E-state index is 12.8. The topological polar surface area (TPSA) is 47.6 Å². The van der Waals surface area contributed by atoms with Gasteiger partial charge in [0.2, 0.25) is 0 Å². The number of carbonyl (C=O) groups excluding carboxylic acids is 1. The number of anilines is 1. The van der Waals surface area contributed by atoms with E-state index in [-0.39, 0.29) is 5.91 Å². The van der Waals surface area contributed by atoms with Crippen molar-refractivity contribution in [3.05, 3.63) is 102 Å². The van der Waals surface area contributed by atoms with Crippen LogP contribution in [0.5, 0.6) is 11.5 Å². The zero-order valence-corrected chi connectivity index (χ0v) is 16.1. The number of carbonyl (C=O) groups is 1. The minimum Gasteiger partial charge on any atom is -0.496 e. The van der Waals surface area contributed by atoms with Gasteiger partial charge in [-0.3, -0.25) is 4.79 Å². The molecule has 0 bridgehead atoms. The highest BCUT2D eigenvalue weighted by atomic mass is 16.5.